The number of amides is 1. The first-order valence-electron chi connectivity index (χ1n) is 20.2. The smallest absolute Gasteiger partial charge is 0.329 e. The van der Waals surface area contributed by atoms with E-state index in [-0.39, 0.29) is 49.5 Å². The molecule has 0 spiro atoms. The molecular weight excluding hydrogens is 710 g/mol. The number of nitrogens with zero attached hydrogens (tertiary/aromatic N) is 1. The number of ether oxygens (including phenoxy) is 5. The standard InChI is InChI=1S/C42H67NO12/c1-23-16-24(2)18-35(52-8)38-36(53-9)20-27(5)42(50,55-38)39(47)40(48)43-15-11-10-12-30(43)41(49)54-37(28(6)33(46)22-32(45)25(3)17-23)26(4)19-29-13-14-31(44)34(21-29)51-7/h17,19,24-25,27-31,33-38,44,46,50H,10-16,18,20-22H2,1-9H3/b23-17?,26-19+/t24-,25+,27+,28+,29-,30-,31+,33-,34+,35-,36-,37+,38+,42+/m0/s1. The monoisotopic (exact) mass is 777 g/mol. The van der Waals surface area contributed by atoms with Gasteiger partial charge in [-0.3, -0.25) is 14.4 Å². The van der Waals surface area contributed by atoms with Crippen LogP contribution in [0.4, 0.5) is 0 Å². The summed E-state index contributed by atoms with van der Waals surface area (Å²) < 4.78 is 29.6. The van der Waals surface area contributed by atoms with Crippen molar-refractivity contribution in [1.82, 2.24) is 4.90 Å². The molecule has 1 amide bonds. The van der Waals surface area contributed by atoms with Crippen molar-refractivity contribution in [3.63, 3.8) is 0 Å². The first-order valence-corrected chi connectivity index (χ1v) is 20.2. The van der Waals surface area contributed by atoms with Crippen LogP contribution in [0.1, 0.15) is 106 Å². The van der Waals surface area contributed by atoms with E-state index in [1.165, 1.54) is 19.1 Å². The third-order valence-electron chi connectivity index (χ3n) is 12.6. The molecule has 0 aromatic heterocycles. The highest BCUT2D eigenvalue weighted by molar-refractivity contribution is 6.39. The maximum Gasteiger partial charge on any atom is 0.329 e. The number of cyclic esters (lactones) is 1. The Balaban J connectivity index is 1.75. The molecular formula is C42H67NO12. The summed E-state index contributed by atoms with van der Waals surface area (Å²) in [5.41, 5.74) is 1.64. The topological polar surface area (TPSA) is 178 Å². The van der Waals surface area contributed by atoms with Crippen LogP contribution in [0.3, 0.4) is 0 Å². The van der Waals surface area contributed by atoms with E-state index in [1.54, 1.807) is 27.9 Å². The minimum Gasteiger partial charge on any atom is -0.456 e. The van der Waals surface area contributed by atoms with Gasteiger partial charge in [-0.1, -0.05) is 45.4 Å². The Bertz CT molecular complexity index is 1410. The molecule has 0 unspecified atom stereocenters. The zero-order valence-electron chi connectivity index (χ0n) is 34.4. The molecule has 1 aliphatic carbocycles. The van der Waals surface area contributed by atoms with Gasteiger partial charge >= 0.3 is 5.97 Å². The Hall–Kier alpha value is -2.52. The van der Waals surface area contributed by atoms with Crippen LogP contribution in [-0.4, -0.2) is 126 Å². The van der Waals surface area contributed by atoms with Crippen molar-refractivity contribution >= 4 is 23.4 Å². The van der Waals surface area contributed by atoms with Crippen molar-refractivity contribution in [2.75, 3.05) is 27.9 Å². The van der Waals surface area contributed by atoms with E-state index in [0.717, 1.165) is 5.57 Å². The molecule has 2 bridgehead atoms. The maximum atomic E-state index is 14.2. The Labute approximate surface area is 327 Å². The predicted molar refractivity (Wildman–Crippen MR) is 203 cm³/mol. The summed E-state index contributed by atoms with van der Waals surface area (Å²) in [7, 11) is 4.62. The van der Waals surface area contributed by atoms with Crippen LogP contribution in [0.2, 0.25) is 0 Å². The Morgan fingerprint density at radius 1 is 0.873 bits per heavy atom. The number of ketones is 2. The molecule has 0 aromatic carbocycles. The second kappa shape index (κ2) is 19.8. The molecule has 0 radical (unpaired) electrons. The van der Waals surface area contributed by atoms with Gasteiger partial charge in [-0.05, 0) is 89.0 Å². The third kappa shape index (κ3) is 10.7. The number of aliphatic hydroxyl groups is 3. The first kappa shape index (κ1) is 45.2. The number of aliphatic hydroxyl groups excluding tert-OH is 2. The van der Waals surface area contributed by atoms with Gasteiger partial charge in [0.05, 0.1) is 30.5 Å². The summed E-state index contributed by atoms with van der Waals surface area (Å²) in [5.74, 6) is -7.59. The number of piperidine rings is 1. The molecule has 3 fully saturated rings. The molecule has 4 aliphatic rings. The molecule has 312 valence electrons. The lowest BCUT2D eigenvalue weighted by molar-refractivity contribution is -0.302. The molecule has 3 N–H and O–H groups in total. The van der Waals surface area contributed by atoms with Gasteiger partial charge in [-0.2, -0.15) is 0 Å². The van der Waals surface area contributed by atoms with Crippen molar-refractivity contribution in [2.24, 2.45) is 29.6 Å². The van der Waals surface area contributed by atoms with E-state index >= 15 is 0 Å². The minimum absolute atomic E-state index is 0.00142. The van der Waals surface area contributed by atoms with E-state index in [2.05, 4.69) is 0 Å². The normalized spacial score (nSPS) is 41.2. The number of methoxy groups -OCH3 is 3. The Kier molecular flexibility index (Phi) is 16.2. The van der Waals surface area contributed by atoms with E-state index in [4.69, 9.17) is 23.7 Å². The fraction of sp³-hybridized carbons (Fsp3) is 0.810. The summed E-state index contributed by atoms with van der Waals surface area (Å²) in [4.78, 5) is 57.3. The molecule has 55 heavy (non-hydrogen) atoms. The van der Waals surface area contributed by atoms with Crippen molar-refractivity contribution in [2.45, 2.75) is 160 Å². The van der Waals surface area contributed by atoms with E-state index < -0.39 is 83.9 Å². The quantitative estimate of drug-likeness (QED) is 0.207. The first-order chi connectivity index (χ1) is 25.9. The molecule has 14 atom stereocenters. The zero-order chi connectivity index (χ0) is 40.8. The van der Waals surface area contributed by atoms with Gasteiger partial charge in [0.25, 0.3) is 11.7 Å². The highest BCUT2D eigenvalue weighted by Crippen LogP contribution is 2.39. The molecule has 3 heterocycles. The Morgan fingerprint density at radius 2 is 1.53 bits per heavy atom. The van der Waals surface area contributed by atoms with Crippen LogP contribution in [0.15, 0.2) is 23.3 Å². The summed E-state index contributed by atoms with van der Waals surface area (Å²) >= 11 is 0. The molecule has 13 nitrogen and oxygen atoms in total. The minimum atomic E-state index is -2.50. The number of rotatable bonds is 5. The van der Waals surface area contributed by atoms with Crippen LogP contribution in [0, 0.1) is 29.6 Å². The number of hydrogen-bond donors (Lipinski definition) is 3. The van der Waals surface area contributed by atoms with Crippen molar-refractivity contribution < 1.29 is 58.2 Å². The van der Waals surface area contributed by atoms with Crippen LogP contribution in [0.25, 0.3) is 0 Å². The fourth-order valence-electron chi connectivity index (χ4n) is 9.16. The van der Waals surface area contributed by atoms with Gasteiger partial charge in [-0.25, -0.2) is 4.79 Å². The average Bonchev–Trinajstić information content (AvgIpc) is 3.15. The lowest BCUT2D eigenvalue weighted by Gasteiger charge is -2.47. The van der Waals surface area contributed by atoms with Gasteiger partial charge < -0.3 is 43.9 Å². The number of carbonyl (C=O) groups excluding carboxylic acids is 4. The molecule has 1 saturated carbocycles. The number of carbonyl (C=O) groups is 4. The lowest BCUT2D eigenvalue weighted by Crippen LogP contribution is -2.64. The maximum absolute atomic E-state index is 14.2. The summed E-state index contributed by atoms with van der Waals surface area (Å²) in [6.07, 6.45) is 3.09. The second-order valence-corrected chi connectivity index (χ2v) is 16.9. The van der Waals surface area contributed by atoms with Crippen LogP contribution in [0.5, 0.6) is 0 Å². The van der Waals surface area contributed by atoms with Crippen LogP contribution in [-0.2, 0) is 42.9 Å². The number of esters is 1. The van der Waals surface area contributed by atoms with E-state index in [1.807, 2.05) is 32.9 Å². The Morgan fingerprint density at radius 3 is 2.18 bits per heavy atom. The largest absolute Gasteiger partial charge is 0.456 e. The summed E-state index contributed by atoms with van der Waals surface area (Å²) in [6, 6.07) is -1.13. The van der Waals surface area contributed by atoms with Crippen LogP contribution < -0.4 is 0 Å². The predicted octanol–water partition coefficient (Wildman–Crippen LogP) is 4.08. The third-order valence-corrected chi connectivity index (χ3v) is 12.6. The number of allylic oxidation sites excluding steroid dienone is 3. The molecule has 4 rings (SSSR count). The second-order valence-electron chi connectivity index (χ2n) is 16.9. The SMILES string of the molecule is CO[C@H]1C[C@@H](C)CC(C)=C[C@@H](C)C(=O)C[C@H](O)[C@@H](C)[C@@H](/C(C)=C/[C@@H]2CC[C@@H](O)[C@H](OC)C2)OC(=O)[C@@H]2CCCCN2C(=O)C(=O)[C@]2(O)O[C@H]1[C@@H](OC)C[C@H]2C. The molecule has 2 saturated heterocycles. The number of Topliss-reactive ketones (excluding diaryl/α,β-unsaturated/α-hetero) is 2. The molecule has 13 heteroatoms. The summed E-state index contributed by atoms with van der Waals surface area (Å²) in [6.45, 7) is 11.1. The van der Waals surface area contributed by atoms with Crippen LogP contribution >= 0.6 is 0 Å². The van der Waals surface area contributed by atoms with Crippen molar-refractivity contribution in [1.29, 1.82) is 0 Å². The van der Waals surface area contributed by atoms with E-state index in [9.17, 15) is 34.5 Å². The number of hydrogen-bond acceptors (Lipinski definition) is 12. The average molecular weight is 778 g/mol. The lowest BCUT2D eigenvalue weighted by atomic mass is 9.82. The van der Waals surface area contributed by atoms with Crippen molar-refractivity contribution in [3.8, 4) is 0 Å². The van der Waals surface area contributed by atoms with Gasteiger partial charge in [0.1, 0.15) is 24.0 Å². The van der Waals surface area contributed by atoms with Gasteiger partial charge in [-0.15, -0.1) is 0 Å². The van der Waals surface area contributed by atoms with Gasteiger partial charge in [0.2, 0.25) is 5.79 Å². The molecule has 3 aliphatic heterocycles. The van der Waals surface area contributed by atoms with Gasteiger partial charge in [0, 0.05) is 52.0 Å². The van der Waals surface area contributed by atoms with Crippen molar-refractivity contribution in [3.05, 3.63) is 23.3 Å². The fourth-order valence-corrected chi connectivity index (χ4v) is 9.16. The van der Waals surface area contributed by atoms with E-state index in [0.29, 0.717) is 50.5 Å². The molecule has 0 aromatic rings. The van der Waals surface area contributed by atoms with Gasteiger partial charge in [0.15, 0.2) is 0 Å². The summed E-state index contributed by atoms with van der Waals surface area (Å²) in [5, 5.41) is 33.9. The number of fused-ring (bicyclic) bond motifs is 3. The highest BCUT2D eigenvalue weighted by Gasteiger charge is 2.56. The highest BCUT2D eigenvalue weighted by atomic mass is 16.7. The zero-order valence-corrected chi connectivity index (χ0v) is 34.4.